The first-order valence-electron chi connectivity index (χ1n) is 3.74. The monoisotopic (exact) mass is 205 g/mol. The SMILES string of the molecule is COC(=O)[C@@H]1CCCN1C(=S)S. The number of esters is 1. The summed E-state index contributed by atoms with van der Waals surface area (Å²) in [5.74, 6) is -0.219. The summed E-state index contributed by atoms with van der Waals surface area (Å²) >= 11 is 8.92. The van der Waals surface area contributed by atoms with Gasteiger partial charge in [-0.2, -0.15) is 0 Å². The van der Waals surface area contributed by atoms with Gasteiger partial charge >= 0.3 is 5.97 Å². The molecule has 1 fully saturated rings. The smallest absolute Gasteiger partial charge is 0.328 e. The van der Waals surface area contributed by atoms with E-state index in [-0.39, 0.29) is 12.0 Å². The second-order valence-electron chi connectivity index (χ2n) is 2.66. The van der Waals surface area contributed by atoms with Crippen LogP contribution in [0.5, 0.6) is 0 Å². The van der Waals surface area contributed by atoms with Crippen molar-refractivity contribution < 1.29 is 9.53 Å². The lowest BCUT2D eigenvalue weighted by molar-refractivity contribution is -0.144. The molecule has 0 saturated carbocycles. The van der Waals surface area contributed by atoms with Crippen molar-refractivity contribution in [1.29, 1.82) is 0 Å². The topological polar surface area (TPSA) is 29.5 Å². The number of ether oxygens (including phenoxy) is 1. The number of carbonyl (C=O) groups excluding carboxylic acids is 1. The fourth-order valence-corrected chi connectivity index (χ4v) is 1.83. The molecule has 3 nitrogen and oxygen atoms in total. The summed E-state index contributed by atoms with van der Waals surface area (Å²) < 4.78 is 5.12. The number of nitrogens with zero attached hydrogens (tertiary/aromatic N) is 1. The molecule has 1 aliphatic rings. The lowest BCUT2D eigenvalue weighted by Gasteiger charge is -2.21. The molecule has 0 amide bonds. The summed E-state index contributed by atoms with van der Waals surface area (Å²) in [7, 11) is 1.39. The Bertz CT molecular complexity index is 208. The molecular weight excluding hydrogens is 194 g/mol. The van der Waals surface area contributed by atoms with Gasteiger partial charge in [0.25, 0.3) is 0 Å². The first kappa shape index (κ1) is 9.80. The molecule has 0 spiro atoms. The summed E-state index contributed by atoms with van der Waals surface area (Å²) in [5.41, 5.74) is 0. The summed E-state index contributed by atoms with van der Waals surface area (Å²) in [4.78, 5) is 13.0. The Morgan fingerprint density at radius 1 is 1.75 bits per heavy atom. The van der Waals surface area contributed by atoms with E-state index in [1.54, 1.807) is 4.90 Å². The third-order valence-corrected chi connectivity index (χ3v) is 2.46. The maximum absolute atomic E-state index is 11.2. The maximum Gasteiger partial charge on any atom is 0.328 e. The molecule has 1 atom stereocenters. The number of likely N-dealkylation sites (tertiary alicyclic amines) is 1. The van der Waals surface area contributed by atoms with Gasteiger partial charge in [0.1, 0.15) is 10.4 Å². The molecule has 1 rings (SSSR count). The number of methoxy groups -OCH3 is 1. The van der Waals surface area contributed by atoms with E-state index in [0.29, 0.717) is 4.32 Å². The van der Waals surface area contributed by atoms with Gasteiger partial charge in [-0.1, -0.05) is 12.2 Å². The van der Waals surface area contributed by atoms with Gasteiger partial charge in [0.05, 0.1) is 7.11 Å². The van der Waals surface area contributed by atoms with Crippen LogP contribution in [-0.4, -0.2) is 34.9 Å². The summed E-state index contributed by atoms with van der Waals surface area (Å²) in [6.45, 7) is 0.808. The molecule has 0 bridgehead atoms. The lowest BCUT2D eigenvalue weighted by atomic mass is 10.2. The number of rotatable bonds is 1. The van der Waals surface area contributed by atoms with Crippen molar-refractivity contribution in [2.24, 2.45) is 0 Å². The third-order valence-electron chi connectivity index (χ3n) is 1.97. The fourth-order valence-electron chi connectivity index (χ4n) is 1.38. The second kappa shape index (κ2) is 4.09. The molecule has 0 aliphatic carbocycles. The highest BCUT2D eigenvalue weighted by Crippen LogP contribution is 2.19. The van der Waals surface area contributed by atoms with Crippen LogP contribution >= 0.6 is 24.8 Å². The van der Waals surface area contributed by atoms with E-state index < -0.39 is 0 Å². The van der Waals surface area contributed by atoms with Crippen LogP contribution in [0.25, 0.3) is 0 Å². The van der Waals surface area contributed by atoms with Crippen molar-refractivity contribution >= 4 is 35.1 Å². The zero-order valence-corrected chi connectivity index (χ0v) is 8.53. The van der Waals surface area contributed by atoms with Gasteiger partial charge in [-0.15, -0.1) is 12.6 Å². The fraction of sp³-hybridized carbons (Fsp3) is 0.714. The van der Waals surface area contributed by atoms with E-state index in [9.17, 15) is 4.79 Å². The number of carbonyl (C=O) groups is 1. The summed E-state index contributed by atoms with van der Waals surface area (Å²) in [6.07, 6.45) is 1.79. The van der Waals surface area contributed by atoms with Crippen molar-refractivity contribution in [2.45, 2.75) is 18.9 Å². The predicted molar refractivity (Wildman–Crippen MR) is 53.3 cm³/mol. The van der Waals surface area contributed by atoms with E-state index in [1.165, 1.54) is 7.11 Å². The Morgan fingerprint density at radius 3 is 2.92 bits per heavy atom. The maximum atomic E-state index is 11.2. The standard InChI is InChI=1S/C7H11NO2S2/c1-10-6(9)5-3-2-4-8(5)7(11)12/h5H,2-4H2,1H3,(H,11,12)/t5-/m0/s1. The van der Waals surface area contributed by atoms with E-state index in [4.69, 9.17) is 12.2 Å². The van der Waals surface area contributed by atoms with Crippen LogP contribution < -0.4 is 0 Å². The Kier molecular flexibility index (Phi) is 3.34. The van der Waals surface area contributed by atoms with Crippen molar-refractivity contribution in [3.05, 3.63) is 0 Å². The molecule has 0 unspecified atom stereocenters. The molecule has 1 aliphatic heterocycles. The van der Waals surface area contributed by atoms with Gasteiger partial charge < -0.3 is 9.64 Å². The number of thiocarbonyl (C=S) groups is 1. The normalized spacial score (nSPS) is 22.5. The minimum Gasteiger partial charge on any atom is -0.467 e. The summed E-state index contributed by atoms with van der Waals surface area (Å²) in [5, 5.41) is 0. The average molecular weight is 205 g/mol. The van der Waals surface area contributed by atoms with Crippen molar-refractivity contribution in [1.82, 2.24) is 4.90 Å². The molecule has 12 heavy (non-hydrogen) atoms. The number of hydrogen-bond donors (Lipinski definition) is 1. The molecule has 0 aromatic rings. The molecular formula is C7H11NO2S2. The van der Waals surface area contributed by atoms with Crippen molar-refractivity contribution in [3.63, 3.8) is 0 Å². The predicted octanol–water partition coefficient (Wildman–Crippen LogP) is 0.838. The number of thiol groups is 1. The molecule has 0 N–H and O–H groups in total. The van der Waals surface area contributed by atoms with Gasteiger partial charge in [-0.25, -0.2) is 4.79 Å². The molecule has 68 valence electrons. The van der Waals surface area contributed by atoms with Gasteiger partial charge in [0, 0.05) is 6.54 Å². The zero-order chi connectivity index (χ0) is 9.14. The van der Waals surface area contributed by atoms with Crippen molar-refractivity contribution in [2.75, 3.05) is 13.7 Å². The molecule has 5 heteroatoms. The third kappa shape index (κ3) is 1.90. The quantitative estimate of drug-likeness (QED) is 0.390. The van der Waals surface area contributed by atoms with Crippen LogP contribution in [-0.2, 0) is 9.53 Å². The van der Waals surface area contributed by atoms with Gasteiger partial charge in [-0.3, -0.25) is 0 Å². The van der Waals surface area contributed by atoms with Gasteiger partial charge in [-0.05, 0) is 12.8 Å². The molecule has 0 radical (unpaired) electrons. The second-order valence-corrected chi connectivity index (χ2v) is 3.77. The molecule has 1 heterocycles. The van der Waals surface area contributed by atoms with Crippen LogP contribution in [0, 0.1) is 0 Å². The molecule has 0 aromatic heterocycles. The molecule has 1 saturated heterocycles. The Morgan fingerprint density at radius 2 is 2.42 bits per heavy atom. The van der Waals surface area contributed by atoms with Crippen LogP contribution in [0.2, 0.25) is 0 Å². The highest BCUT2D eigenvalue weighted by atomic mass is 32.1. The first-order chi connectivity index (χ1) is 5.66. The van der Waals surface area contributed by atoms with Crippen LogP contribution in [0.1, 0.15) is 12.8 Å². The van der Waals surface area contributed by atoms with Crippen LogP contribution in [0.4, 0.5) is 0 Å². The Balaban J connectivity index is 2.63. The van der Waals surface area contributed by atoms with Gasteiger partial charge in [0.2, 0.25) is 0 Å². The average Bonchev–Trinajstić information content (AvgIpc) is 2.50. The zero-order valence-electron chi connectivity index (χ0n) is 6.82. The minimum absolute atomic E-state index is 0.208. The summed E-state index contributed by atoms with van der Waals surface area (Å²) in [6, 6.07) is -0.208. The Hall–Kier alpha value is -0.290. The van der Waals surface area contributed by atoms with E-state index in [2.05, 4.69) is 17.4 Å². The highest BCUT2D eigenvalue weighted by molar-refractivity contribution is 8.10. The minimum atomic E-state index is -0.219. The van der Waals surface area contributed by atoms with Crippen LogP contribution in [0.3, 0.4) is 0 Å². The largest absolute Gasteiger partial charge is 0.467 e. The number of hydrogen-bond acceptors (Lipinski definition) is 3. The first-order valence-corrected chi connectivity index (χ1v) is 4.59. The van der Waals surface area contributed by atoms with E-state index in [1.807, 2.05) is 0 Å². The van der Waals surface area contributed by atoms with Crippen molar-refractivity contribution in [3.8, 4) is 0 Å². The van der Waals surface area contributed by atoms with E-state index >= 15 is 0 Å². The lowest BCUT2D eigenvalue weighted by Crippen LogP contribution is -2.38. The highest BCUT2D eigenvalue weighted by Gasteiger charge is 2.31. The van der Waals surface area contributed by atoms with Crippen LogP contribution in [0.15, 0.2) is 0 Å². The van der Waals surface area contributed by atoms with E-state index in [0.717, 1.165) is 19.4 Å². The molecule has 0 aromatic carbocycles. The Labute approximate surface area is 82.5 Å². The van der Waals surface area contributed by atoms with Gasteiger partial charge in [0.15, 0.2) is 0 Å².